The predicted molar refractivity (Wildman–Crippen MR) is 268 cm³/mol. The van der Waals surface area contributed by atoms with Crippen LogP contribution in [0.3, 0.4) is 0 Å². The van der Waals surface area contributed by atoms with E-state index in [1.54, 1.807) is 18.2 Å². The minimum Gasteiger partial charge on any atom is -0.480 e. The van der Waals surface area contributed by atoms with Crippen molar-refractivity contribution >= 4 is 95.1 Å². The summed E-state index contributed by atoms with van der Waals surface area (Å²) >= 11 is 2.44. The van der Waals surface area contributed by atoms with Crippen molar-refractivity contribution in [1.82, 2.24) is 54.9 Å². The Hall–Kier alpha value is -8.71. The quantitative estimate of drug-likeness (QED) is 0.0672. The lowest BCUT2D eigenvalue weighted by Crippen LogP contribution is -2.34. The van der Waals surface area contributed by atoms with Gasteiger partial charge in [0.15, 0.2) is 23.0 Å². The molecule has 0 bridgehead atoms. The largest absolute Gasteiger partial charge is 0.480 e. The summed E-state index contributed by atoms with van der Waals surface area (Å²) in [6, 6.07) is 22.4. The molecule has 9 aromatic rings. The van der Waals surface area contributed by atoms with E-state index >= 15 is 0 Å². The first-order chi connectivity index (χ1) is 33.7. The highest BCUT2D eigenvalue weighted by Crippen LogP contribution is 2.41. The van der Waals surface area contributed by atoms with Crippen LogP contribution in [0, 0.1) is 6.92 Å². The Bertz CT molecular complexity index is 3600. The number of azo groups is 2. The van der Waals surface area contributed by atoms with Crippen LogP contribution in [-0.4, -0.2) is 95.3 Å². The summed E-state index contributed by atoms with van der Waals surface area (Å²) in [5.74, 6) is -2.61. The number of rotatable bonds is 13. The molecular formula is C46H44N18O5S2. The van der Waals surface area contributed by atoms with E-state index in [0.29, 0.717) is 32.2 Å². The topological polar surface area (TPSA) is 325 Å². The number of nitrogens with zero attached hydrogens (tertiary/aromatic N) is 16. The van der Waals surface area contributed by atoms with E-state index in [9.17, 15) is 24.9 Å². The zero-order valence-electron chi connectivity index (χ0n) is 39.1. The number of hydrogen-bond donors (Lipinski definition) is 5. The van der Waals surface area contributed by atoms with Gasteiger partial charge in [-0.1, -0.05) is 118 Å². The monoisotopic (exact) mass is 992 g/mol. The summed E-state index contributed by atoms with van der Waals surface area (Å²) in [7, 11) is 0. The summed E-state index contributed by atoms with van der Waals surface area (Å²) in [6.07, 6.45) is 0. The number of fused-ring (bicyclic) bond motifs is 2. The highest BCUT2D eigenvalue weighted by molar-refractivity contribution is 7.18. The maximum atomic E-state index is 11.4. The summed E-state index contributed by atoms with van der Waals surface area (Å²) in [5, 5.41) is 79.4. The van der Waals surface area contributed by atoms with Gasteiger partial charge in [0.25, 0.3) is 22.2 Å². The second-order valence-electron chi connectivity index (χ2n) is 18.4. The van der Waals surface area contributed by atoms with Crippen LogP contribution in [0.25, 0.3) is 54.6 Å². The smallest absolute Gasteiger partial charge is 0.323 e. The highest BCUT2D eigenvalue weighted by atomic mass is 32.1. The average molecular weight is 993 g/mol. The van der Waals surface area contributed by atoms with E-state index in [1.165, 1.54) is 42.5 Å². The number of aromatic hydroxyl groups is 1. The Labute approximate surface area is 411 Å². The van der Waals surface area contributed by atoms with Gasteiger partial charge in [-0.2, -0.15) is 34.5 Å². The fraction of sp³-hybridized carbons (Fsp3) is 0.239. The molecule has 0 aliphatic rings. The van der Waals surface area contributed by atoms with Gasteiger partial charge < -0.3 is 31.7 Å². The molecule has 25 heteroatoms. The van der Waals surface area contributed by atoms with Gasteiger partial charge in [0.05, 0.1) is 11.4 Å². The molecule has 23 nitrogen and oxygen atoms in total. The Balaban J connectivity index is 0.989. The van der Waals surface area contributed by atoms with Crippen molar-refractivity contribution in [3.8, 4) is 39.0 Å². The zero-order valence-corrected chi connectivity index (χ0v) is 40.8. The first-order valence-corrected chi connectivity index (χ1v) is 23.3. The van der Waals surface area contributed by atoms with Gasteiger partial charge in [-0.15, -0.1) is 40.9 Å². The molecule has 5 aromatic heterocycles. The number of carboxylic acid groups (broad SMARTS) is 2. The number of nitrogens with two attached hydrogens (primary N) is 2. The van der Waals surface area contributed by atoms with Crippen molar-refractivity contribution in [3.05, 3.63) is 89.7 Å². The molecule has 5 heterocycles. The molecule has 0 saturated heterocycles. The van der Waals surface area contributed by atoms with Crippen LogP contribution in [0.1, 0.15) is 58.5 Å². The van der Waals surface area contributed by atoms with Gasteiger partial charge in [0, 0.05) is 27.6 Å². The maximum Gasteiger partial charge on any atom is 0.323 e. The number of aryl methyl sites for hydroxylation is 1. The molecule has 360 valence electrons. The van der Waals surface area contributed by atoms with Gasteiger partial charge >= 0.3 is 17.9 Å². The van der Waals surface area contributed by atoms with Crippen LogP contribution in [0.15, 0.2) is 93.3 Å². The lowest BCUT2D eigenvalue weighted by atomic mass is 9.91. The van der Waals surface area contributed by atoms with Crippen LogP contribution in [0.4, 0.5) is 39.0 Å². The standard InChI is InChI=1S/C46H44N18O5S2/c1-22-8-9-24-17-27(12-10-23(24)16-22)38-54-58-43(70-38)56-52-32-34(45(2,3)4)60-63(36(32)47)40-49-41(51-42(69)50-40)64-37(48)33(35(61-64)46(5,6)7)53-57-44-59-55-39(71-44)28-13-11-26-19-29(15-14-25(26)18-28)62(20-30(65)66)21-31(67)68/h8-19H,20-21,47-48H2,1-7H3,(H,65,66)(H,67,68)(H,49,50,51,69). The van der Waals surface area contributed by atoms with Crippen molar-refractivity contribution < 1.29 is 24.9 Å². The highest BCUT2D eigenvalue weighted by Gasteiger charge is 2.31. The van der Waals surface area contributed by atoms with Gasteiger partial charge in [-0.05, 0) is 52.7 Å². The normalized spacial score (nSPS) is 12.3. The van der Waals surface area contributed by atoms with Crippen molar-refractivity contribution in [3.63, 3.8) is 0 Å². The molecule has 0 atom stereocenters. The number of anilines is 3. The van der Waals surface area contributed by atoms with E-state index in [2.05, 4.69) is 87.0 Å². The minimum absolute atomic E-state index is 0.00680. The van der Waals surface area contributed by atoms with Gasteiger partial charge in [0.2, 0.25) is 0 Å². The second kappa shape index (κ2) is 18.3. The first kappa shape index (κ1) is 47.4. The third-order valence-corrected chi connectivity index (χ3v) is 12.5. The summed E-state index contributed by atoms with van der Waals surface area (Å²) in [6.45, 7) is 12.7. The van der Waals surface area contributed by atoms with E-state index < -0.39 is 41.9 Å². The van der Waals surface area contributed by atoms with E-state index in [-0.39, 0.29) is 40.0 Å². The summed E-state index contributed by atoms with van der Waals surface area (Å²) in [4.78, 5) is 36.9. The molecule has 0 aliphatic carbocycles. The molecule has 0 spiro atoms. The van der Waals surface area contributed by atoms with E-state index in [1.807, 2.05) is 71.9 Å². The van der Waals surface area contributed by atoms with Crippen molar-refractivity contribution in [1.29, 1.82) is 0 Å². The van der Waals surface area contributed by atoms with Gasteiger partial charge in [0.1, 0.15) is 23.1 Å². The SMILES string of the molecule is Cc1ccc2cc(-c3nnc(N=Nc4c(C(C)(C)C)nn(-c5nc(O)nc(-n6nc(C(C)(C)C)c(N=Nc7nnc(-c8ccc9cc(N(CC(=O)O)CC(=O)O)ccc9c8)s7)c6N)n5)c4N)s3)ccc2c1. The van der Waals surface area contributed by atoms with Crippen molar-refractivity contribution in [2.24, 2.45) is 20.5 Å². The fourth-order valence-corrected chi connectivity index (χ4v) is 8.77. The lowest BCUT2D eigenvalue weighted by molar-refractivity contribution is -0.136. The van der Waals surface area contributed by atoms with Crippen molar-refractivity contribution in [2.75, 3.05) is 29.5 Å². The van der Waals surface area contributed by atoms with Crippen molar-refractivity contribution in [2.45, 2.75) is 59.3 Å². The third-order valence-electron chi connectivity index (χ3n) is 10.8. The van der Waals surface area contributed by atoms with Crippen LogP contribution >= 0.6 is 22.7 Å². The Kier molecular flexibility index (Phi) is 12.2. The molecule has 9 rings (SSSR count). The summed E-state index contributed by atoms with van der Waals surface area (Å²) in [5.41, 5.74) is 16.8. The fourth-order valence-electron chi connectivity index (χ4n) is 7.45. The lowest BCUT2D eigenvalue weighted by Gasteiger charge is -2.21. The van der Waals surface area contributed by atoms with Crippen LogP contribution in [-0.2, 0) is 20.4 Å². The van der Waals surface area contributed by atoms with E-state index in [0.717, 1.165) is 32.7 Å². The number of aromatic nitrogens is 11. The molecular weight excluding hydrogens is 949 g/mol. The number of hydrogen-bond acceptors (Lipinski definition) is 21. The van der Waals surface area contributed by atoms with Gasteiger partial charge in [-0.3, -0.25) is 9.59 Å². The third kappa shape index (κ3) is 9.93. The first-order valence-electron chi connectivity index (χ1n) is 21.7. The molecule has 0 saturated carbocycles. The number of aliphatic carboxylic acids is 2. The minimum atomic E-state index is -1.15. The molecule has 0 amide bonds. The number of carbonyl (C=O) groups is 2. The average Bonchev–Trinajstić information content (AvgIpc) is 4.12. The zero-order chi connectivity index (χ0) is 50.5. The van der Waals surface area contributed by atoms with Gasteiger partial charge in [-0.25, -0.2) is 0 Å². The van der Waals surface area contributed by atoms with Crippen LogP contribution < -0.4 is 16.4 Å². The Morgan fingerprint density at radius 2 is 1.04 bits per heavy atom. The number of nitrogen functional groups attached to an aromatic ring is 2. The molecule has 4 aromatic carbocycles. The van der Waals surface area contributed by atoms with E-state index in [4.69, 9.17) is 21.7 Å². The molecule has 0 fully saturated rings. The molecule has 0 unspecified atom stereocenters. The van der Waals surface area contributed by atoms with Crippen LogP contribution in [0.2, 0.25) is 0 Å². The molecule has 7 N–H and O–H groups in total. The Morgan fingerprint density at radius 3 is 1.51 bits per heavy atom. The maximum absolute atomic E-state index is 11.4. The van der Waals surface area contributed by atoms with Crippen LogP contribution in [0.5, 0.6) is 6.01 Å². The number of carboxylic acids is 2. The predicted octanol–water partition coefficient (Wildman–Crippen LogP) is 9.17. The summed E-state index contributed by atoms with van der Waals surface area (Å²) < 4.78 is 2.44. The second-order valence-corrected chi connectivity index (χ2v) is 20.3. The number of benzene rings is 4. The molecule has 0 radical (unpaired) electrons. The molecule has 0 aliphatic heterocycles. The molecule has 71 heavy (non-hydrogen) atoms. The Morgan fingerprint density at radius 1 is 0.606 bits per heavy atom.